The number of pyridine rings is 1. The zero-order valence-corrected chi connectivity index (χ0v) is 10.2. The summed E-state index contributed by atoms with van der Waals surface area (Å²) in [5, 5.41) is 6.30. The number of carbonyl (C=O) groups excluding carboxylic acids is 1. The summed E-state index contributed by atoms with van der Waals surface area (Å²) in [6.07, 6.45) is 7.35. The van der Waals surface area contributed by atoms with Crippen LogP contribution in [0.1, 0.15) is 31.2 Å². The van der Waals surface area contributed by atoms with Crippen LogP contribution in [0.2, 0.25) is 0 Å². The Morgan fingerprint density at radius 1 is 1.65 bits per heavy atom. The van der Waals surface area contributed by atoms with Gasteiger partial charge in [-0.2, -0.15) is 0 Å². The van der Waals surface area contributed by atoms with Crippen molar-refractivity contribution >= 4 is 11.6 Å². The van der Waals surface area contributed by atoms with Crippen LogP contribution >= 0.6 is 0 Å². The molecular weight excluding hydrogens is 214 g/mol. The van der Waals surface area contributed by atoms with Crippen LogP contribution in [0.3, 0.4) is 0 Å². The zero-order chi connectivity index (χ0) is 12.1. The van der Waals surface area contributed by atoms with Crippen LogP contribution in [0.5, 0.6) is 0 Å². The molecule has 0 spiro atoms. The van der Waals surface area contributed by atoms with Gasteiger partial charge in [-0.25, -0.2) is 0 Å². The predicted molar refractivity (Wildman–Crippen MR) is 67.9 cm³/mol. The van der Waals surface area contributed by atoms with Crippen LogP contribution in [0.15, 0.2) is 18.5 Å². The van der Waals surface area contributed by atoms with E-state index in [1.807, 2.05) is 13.0 Å². The second-order valence-corrected chi connectivity index (χ2v) is 4.57. The molecular formula is C13H19N3O. The minimum Gasteiger partial charge on any atom is -0.325 e. The summed E-state index contributed by atoms with van der Waals surface area (Å²) in [6, 6.07) is 2.42. The van der Waals surface area contributed by atoms with E-state index in [-0.39, 0.29) is 5.91 Å². The van der Waals surface area contributed by atoms with Gasteiger partial charge in [0.25, 0.3) is 0 Å². The second-order valence-electron chi connectivity index (χ2n) is 4.57. The van der Waals surface area contributed by atoms with Gasteiger partial charge in [0, 0.05) is 18.7 Å². The van der Waals surface area contributed by atoms with Crippen LogP contribution in [0, 0.1) is 6.92 Å². The van der Waals surface area contributed by atoms with Crippen molar-refractivity contribution in [2.24, 2.45) is 0 Å². The third kappa shape index (κ3) is 3.53. The van der Waals surface area contributed by atoms with Gasteiger partial charge in [-0.3, -0.25) is 9.78 Å². The molecule has 1 aromatic rings. The topological polar surface area (TPSA) is 54.0 Å². The highest BCUT2D eigenvalue weighted by molar-refractivity contribution is 5.91. The van der Waals surface area contributed by atoms with Gasteiger partial charge >= 0.3 is 0 Å². The van der Waals surface area contributed by atoms with E-state index in [2.05, 4.69) is 15.6 Å². The molecule has 0 aliphatic carbocycles. The van der Waals surface area contributed by atoms with E-state index >= 15 is 0 Å². The lowest BCUT2D eigenvalue weighted by Gasteiger charge is -2.10. The maximum absolute atomic E-state index is 11.8. The number of amides is 1. The van der Waals surface area contributed by atoms with Crippen molar-refractivity contribution in [3.05, 3.63) is 24.0 Å². The van der Waals surface area contributed by atoms with Crippen molar-refractivity contribution in [1.82, 2.24) is 10.3 Å². The van der Waals surface area contributed by atoms with E-state index in [4.69, 9.17) is 0 Å². The van der Waals surface area contributed by atoms with E-state index in [9.17, 15) is 4.79 Å². The van der Waals surface area contributed by atoms with Gasteiger partial charge in [0.05, 0.1) is 11.9 Å². The van der Waals surface area contributed by atoms with Gasteiger partial charge in [-0.05, 0) is 44.4 Å². The first-order chi connectivity index (χ1) is 8.25. The van der Waals surface area contributed by atoms with Crippen LogP contribution < -0.4 is 10.6 Å². The Balaban J connectivity index is 1.79. The van der Waals surface area contributed by atoms with E-state index in [1.54, 1.807) is 12.4 Å². The summed E-state index contributed by atoms with van der Waals surface area (Å²) in [6.45, 7) is 3.06. The number of nitrogens with zero attached hydrogens (tertiary/aromatic N) is 1. The van der Waals surface area contributed by atoms with Crippen molar-refractivity contribution in [3.8, 4) is 0 Å². The average molecular weight is 233 g/mol. The van der Waals surface area contributed by atoms with E-state index in [0.29, 0.717) is 12.5 Å². The molecule has 4 heteroatoms. The Morgan fingerprint density at radius 2 is 2.53 bits per heavy atom. The monoisotopic (exact) mass is 233 g/mol. The average Bonchev–Trinajstić information content (AvgIpc) is 2.82. The zero-order valence-electron chi connectivity index (χ0n) is 10.2. The summed E-state index contributed by atoms with van der Waals surface area (Å²) in [7, 11) is 0. The third-order valence-electron chi connectivity index (χ3n) is 3.20. The van der Waals surface area contributed by atoms with Crippen LogP contribution in [0.25, 0.3) is 0 Å². The Kier molecular flexibility index (Phi) is 4.09. The Hall–Kier alpha value is -1.42. The lowest BCUT2D eigenvalue weighted by Crippen LogP contribution is -2.23. The van der Waals surface area contributed by atoms with E-state index in [1.165, 1.54) is 12.8 Å². The molecule has 1 saturated heterocycles. The first-order valence-corrected chi connectivity index (χ1v) is 6.19. The highest BCUT2D eigenvalue weighted by Gasteiger charge is 2.15. The molecule has 0 saturated carbocycles. The second kappa shape index (κ2) is 5.77. The molecule has 92 valence electrons. The van der Waals surface area contributed by atoms with E-state index in [0.717, 1.165) is 24.2 Å². The molecule has 1 amide bonds. The summed E-state index contributed by atoms with van der Waals surface area (Å²) in [5.41, 5.74) is 1.87. The summed E-state index contributed by atoms with van der Waals surface area (Å²) in [4.78, 5) is 15.8. The molecule has 1 aliphatic rings. The number of hydrogen-bond donors (Lipinski definition) is 2. The number of rotatable bonds is 4. The Labute approximate surface area is 102 Å². The lowest BCUT2D eigenvalue weighted by molar-refractivity contribution is -0.116. The molecule has 1 unspecified atom stereocenters. The van der Waals surface area contributed by atoms with Crippen molar-refractivity contribution in [2.45, 2.75) is 38.6 Å². The third-order valence-corrected chi connectivity index (χ3v) is 3.20. The van der Waals surface area contributed by atoms with Crippen molar-refractivity contribution in [2.75, 3.05) is 11.9 Å². The fourth-order valence-electron chi connectivity index (χ4n) is 2.12. The van der Waals surface area contributed by atoms with Crippen LogP contribution in [-0.2, 0) is 4.79 Å². The molecule has 0 aromatic carbocycles. The molecule has 2 heterocycles. The molecule has 1 atom stereocenters. The smallest absolute Gasteiger partial charge is 0.224 e. The first kappa shape index (κ1) is 12.0. The fourth-order valence-corrected chi connectivity index (χ4v) is 2.12. The Bertz CT molecular complexity index is 386. The minimum absolute atomic E-state index is 0.0785. The van der Waals surface area contributed by atoms with E-state index < -0.39 is 0 Å². The quantitative estimate of drug-likeness (QED) is 0.834. The number of hydrogen-bond acceptors (Lipinski definition) is 3. The molecule has 4 nitrogen and oxygen atoms in total. The minimum atomic E-state index is 0.0785. The molecule has 2 N–H and O–H groups in total. The van der Waals surface area contributed by atoms with Crippen molar-refractivity contribution < 1.29 is 4.79 Å². The summed E-state index contributed by atoms with van der Waals surface area (Å²) in [5.74, 6) is 0.0785. The number of nitrogens with one attached hydrogen (secondary N) is 2. The molecule has 2 rings (SSSR count). The highest BCUT2D eigenvalue weighted by atomic mass is 16.1. The standard InChI is InChI=1S/C13H19N3O/c1-10-6-8-14-9-12(10)16-13(17)5-4-11-3-2-7-15-11/h6,8-9,11,15H,2-5,7H2,1H3,(H,16,17). The van der Waals surface area contributed by atoms with Gasteiger partial charge in [-0.1, -0.05) is 0 Å². The fraction of sp³-hybridized carbons (Fsp3) is 0.538. The molecule has 1 aromatic heterocycles. The maximum atomic E-state index is 11.8. The summed E-state index contributed by atoms with van der Waals surface area (Å²) < 4.78 is 0. The van der Waals surface area contributed by atoms with Gasteiger partial charge in [0.2, 0.25) is 5.91 Å². The van der Waals surface area contributed by atoms with Crippen LogP contribution in [0.4, 0.5) is 5.69 Å². The largest absolute Gasteiger partial charge is 0.325 e. The lowest BCUT2D eigenvalue weighted by atomic mass is 10.1. The molecule has 0 bridgehead atoms. The van der Waals surface area contributed by atoms with Gasteiger partial charge in [0.15, 0.2) is 0 Å². The van der Waals surface area contributed by atoms with Crippen molar-refractivity contribution in [3.63, 3.8) is 0 Å². The predicted octanol–water partition coefficient (Wildman–Crippen LogP) is 1.86. The van der Waals surface area contributed by atoms with Crippen molar-refractivity contribution in [1.29, 1.82) is 0 Å². The number of anilines is 1. The molecule has 0 radical (unpaired) electrons. The first-order valence-electron chi connectivity index (χ1n) is 6.19. The van der Waals surface area contributed by atoms with Gasteiger partial charge in [0.1, 0.15) is 0 Å². The highest BCUT2D eigenvalue weighted by Crippen LogP contribution is 2.14. The summed E-state index contributed by atoms with van der Waals surface area (Å²) >= 11 is 0. The number of aryl methyl sites for hydroxylation is 1. The molecule has 1 aliphatic heterocycles. The Morgan fingerprint density at radius 3 is 3.24 bits per heavy atom. The number of carbonyl (C=O) groups is 1. The maximum Gasteiger partial charge on any atom is 0.224 e. The molecule has 17 heavy (non-hydrogen) atoms. The SMILES string of the molecule is Cc1ccncc1NC(=O)CCC1CCCN1. The van der Waals surface area contributed by atoms with Gasteiger partial charge in [-0.15, -0.1) is 0 Å². The van der Waals surface area contributed by atoms with Gasteiger partial charge < -0.3 is 10.6 Å². The number of aromatic nitrogens is 1. The molecule has 1 fully saturated rings. The van der Waals surface area contributed by atoms with Crippen LogP contribution in [-0.4, -0.2) is 23.5 Å². The normalized spacial score (nSPS) is 19.2.